The minimum absolute atomic E-state index is 0.128. The second-order valence-corrected chi connectivity index (χ2v) is 11.6. The van der Waals surface area contributed by atoms with Crippen molar-refractivity contribution in [2.75, 3.05) is 26.2 Å². The van der Waals surface area contributed by atoms with Gasteiger partial charge in [0, 0.05) is 54.7 Å². The third-order valence-corrected chi connectivity index (χ3v) is 9.06. The van der Waals surface area contributed by atoms with Crippen LogP contribution in [0.25, 0.3) is 0 Å². The number of benzene rings is 1. The van der Waals surface area contributed by atoms with Gasteiger partial charge in [-0.05, 0) is 92.8 Å². The molecule has 1 aliphatic carbocycles. The molecule has 3 saturated heterocycles. The number of fused-ring (bicyclic) bond motifs is 2. The first-order chi connectivity index (χ1) is 17.5. The number of amides is 2. The molecule has 2 aromatic rings. The molecule has 3 aliphatic heterocycles. The molecule has 36 heavy (non-hydrogen) atoms. The Hall–Kier alpha value is -2.19. The van der Waals surface area contributed by atoms with E-state index in [4.69, 9.17) is 11.6 Å². The highest BCUT2D eigenvalue weighted by Gasteiger charge is 2.48. The first-order valence-corrected chi connectivity index (χ1v) is 13.9. The molecular weight excluding hydrogens is 472 g/mol. The number of halogens is 1. The molecule has 1 aromatic carbocycles. The van der Waals surface area contributed by atoms with Crippen molar-refractivity contribution in [1.29, 1.82) is 0 Å². The van der Waals surface area contributed by atoms with Gasteiger partial charge < -0.3 is 15.1 Å². The number of hydrogen-bond donors (Lipinski definition) is 3. The Morgan fingerprint density at radius 2 is 2.03 bits per heavy atom. The summed E-state index contributed by atoms with van der Waals surface area (Å²) in [5.74, 6) is 1.00. The molecule has 3 N–H and O–H groups in total. The van der Waals surface area contributed by atoms with Gasteiger partial charge in [0.25, 0.3) is 0 Å². The summed E-state index contributed by atoms with van der Waals surface area (Å²) in [5, 5.41) is 4.20. The molecule has 5 unspecified atom stereocenters. The molecule has 192 valence electrons. The molecule has 6 atom stereocenters. The molecule has 4 aliphatic rings. The summed E-state index contributed by atoms with van der Waals surface area (Å²) >= 11 is 6.17. The van der Waals surface area contributed by atoms with Crippen molar-refractivity contribution in [1.82, 2.24) is 31.0 Å². The SMILES string of the molecule is Cc1cc(C2NNC3CC4NC(=O)N([C@@H]5CCCN(CCc6cccc(Cl)c6)C5)CC4CC32)ccn1. The average molecular weight is 509 g/mol. The molecule has 2 amide bonds. The summed E-state index contributed by atoms with van der Waals surface area (Å²) in [5.41, 5.74) is 10.7. The van der Waals surface area contributed by atoms with Gasteiger partial charge in [-0.3, -0.25) is 10.4 Å². The first kappa shape index (κ1) is 24.2. The van der Waals surface area contributed by atoms with Crippen molar-refractivity contribution in [2.24, 2.45) is 11.8 Å². The molecule has 1 aromatic heterocycles. The average Bonchev–Trinajstić information content (AvgIpc) is 3.29. The topological polar surface area (TPSA) is 72.5 Å². The van der Waals surface area contributed by atoms with Crippen molar-refractivity contribution in [3.8, 4) is 0 Å². The molecule has 7 nitrogen and oxygen atoms in total. The minimum atomic E-state index is 0.128. The molecule has 0 spiro atoms. The Labute approximate surface area is 218 Å². The van der Waals surface area contributed by atoms with Crippen molar-refractivity contribution in [3.05, 3.63) is 64.4 Å². The molecule has 1 saturated carbocycles. The van der Waals surface area contributed by atoms with Crippen LogP contribution in [0.2, 0.25) is 5.02 Å². The number of likely N-dealkylation sites (tertiary alicyclic amines) is 1. The number of nitrogens with zero attached hydrogens (tertiary/aromatic N) is 3. The highest BCUT2D eigenvalue weighted by molar-refractivity contribution is 6.30. The molecule has 0 radical (unpaired) electrons. The van der Waals surface area contributed by atoms with Gasteiger partial charge in [-0.25, -0.2) is 10.2 Å². The van der Waals surface area contributed by atoms with Gasteiger partial charge in [-0.15, -0.1) is 0 Å². The number of hydrazine groups is 1. The summed E-state index contributed by atoms with van der Waals surface area (Å²) in [6, 6.07) is 13.8. The van der Waals surface area contributed by atoms with E-state index in [1.54, 1.807) is 0 Å². The van der Waals surface area contributed by atoms with E-state index in [-0.39, 0.29) is 18.1 Å². The largest absolute Gasteiger partial charge is 0.335 e. The lowest BCUT2D eigenvalue weighted by Crippen LogP contribution is -2.64. The monoisotopic (exact) mass is 508 g/mol. The lowest BCUT2D eigenvalue weighted by molar-refractivity contribution is 0.0542. The van der Waals surface area contributed by atoms with Crippen molar-refractivity contribution < 1.29 is 4.79 Å². The molecular formula is C28H37ClN6O. The fraction of sp³-hybridized carbons (Fsp3) is 0.571. The smallest absolute Gasteiger partial charge is 0.317 e. The van der Waals surface area contributed by atoms with Crippen LogP contribution in [0.3, 0.4) is 0 Å². The van der Waals surface area contributed by atoms with Crippen molar-refractivity contribution in [3.63, 3.8) is 0 Å². The zero-order valence-electron chi connectivity index (χ0n) is 21.0. The van der Waals surface area contributed by atoms with Crippen LogP contribution < -0.4 is 16.2 Å². The fourth-order valence-electron chi connectivity index (χ4n) is 6.99. The van der Waals surface area contributed by atoms with Crippen LogP contribution in [0.1, 0.15) is 48.5 Å². The molecule has 6 rings (SSSR count). The van der Waals surface area contributed by atoms with Crippen LogP contribution in [0, 0.1) is 18.8 Å². The second kappa shape index (κ2) is 10.3. The third kappa shape index (κ3) is 4.99. The van der Waals surface area contributed by atoms with E-state index >= 15 is 0 Å². The molecule has 0 bridgehead atoms. The van der Waals surface area contributed by atoms with Crippen LogP contribution in [0.5, 0.6) is 0 Å². The predicted octanol–water partition coefficient (Wildman–Crippen LogP) is 3.69. The van der Waals surface area contributed by atoms with E-state index in [0.29, 0.717) is 23.9 Å². The van der Waals surface area contributed by atoms with E-state index in [9.17, 15) is 4.79 Å². The van der Waals surface area contributed by atoms with E-state index in [1.165, 1.54) is 11.1 Å². The van der Waals surface area contributed by atoms with Crippen LogP contribution >= 0.6 is 11.6 Å². The Morgan fingerprint density at radius 1 is 1.11 bits per heavy atom. The maximum atomic E-state index is 13.2. The Kier molecular flexibility index (Phi) is 6.90. The van der Waals surface area contributed by atoms with Gasteiger partial charge in [0.05, 0.1) is 6.04 Å². The molecule has 4 heterocycles. The number of carbonyl (C=O) groups is 1. The maximum absolute atomic E-state index is 13.2. The lowest BCUT2D eigenvalue weighted by Gasteiger charge is -2.49. The number of urea groups is 1. The van der Waals surface area contributed by atoms with Crippen molar-refractivity contribution >= 4 is 17.6 Å². The molecule has 4 fully saturated rings. The van der Waals surface area contributed by atoms with E-state index < -0.39 is 0 Å². The summed E-state index contributed by atoms with van der Waals surface area (Å²) in [4.78, 5) is 22.3. The van der Waals surface area contributed by atoms with Crippen LogP contribution in [0.4, 0.5) is 4.79 Å². The number of pyridine rings is 1. The van der Waals surface area contributed by atoms with E-state index in [0.717, 1.165) is 69.0 Å². The number of carbonyl (C=O) groups excluding carboxylic acids is 1. The zero-order chi connectivity index (χ0) is 24.6. The van der Waals surface area contributed by atoms with Gasteiger partial charge in [-0.2, -0.15) is 0 Å². The van der Waals surface area contributed by atoms with Gasteiger partial charge in [0.1, 0.15) is 0 Å². The Bertz CT molecular complexity index is 1100. The lowest BCUT2D eigenvalue weighted by atomic mass is 9.71. The van der Waals surface area contributed by atoms with Gasteiger partial charge in [0.15, 0.2) is 0 Å². The quantitative estimate of drug-likeness (QED) is 0.574. The normalized spacial score (nSPS) is 32.6. The fourth-order valence-corrected chi connectivity index (χ4v) is 7.20. The minimum Gasteiger partial charge on any atom is -0.335 e. The number of hydrogen-bond acceptors (Lipinski definition) is 5. The number of aryl methyl sites for hydroxylation is 1. The van der Waals surface area contributed by atoms with Crippen LogP contribution in [-0.4, -0.2) is 65.1 Å². The van der Waals surface area contributed by atoms with E-state index in [2.05, 4.69) is 62.1 Å². The Morgan fingerprint density at radius 3 is 2.89 bits per heavy atom. The Balaban J connectivity index is 1.10. The van der Waals surface area contributed by atoms with E-state index in [1.807, 2.05) is 18.3 Å². The van der Waals surface area contributed by atoms with Gasteiger partial charge in [-0.1, -0.05) is 23.7 Å². The molecule has 8 heteroatoms. The third-order valence-electron chi connectivity index (χ3n) is 8.83. The summed E-state index contributed by atoms with van der Waals surface area (Å²) in [7, 11) is 0. The predicted molar refractivity (Wildman–Crippen MR) is 142 cm³/mol. The first-order valence-electron chi connectivity index (χ1n) is 13.5. The second-order valence-electron chi connectivity index (χ2n) is 11.2. The zero-order valence-corrected chi connectivity index (χ0v) is 21.8. The summed E-state index contributed by atoms with van der Waals surface area (Å²) in [6.07, 6.45) is 7.23. The van der Waals surface area contributed by atoms with Crippen molar-refractivity contribution in [2.45, 2.75) is 63.2 Å². The maximum Gasteiger partial charge on any atom is 0.317 e. The van der Waals surface area contributed by atoms with Gasteiger partial charge in [0.2, 0.25) is 0 Å². The van der Waals surface area contributed by atoms with Crippen LogP contribution in [0.15, 0.2) is 42.6 Å². The number of aromatic nitrogens is 1. The highest BCUT2D eigenvalue weighted by Crippen LogP contribution is 2.42. The number of nitrogens with one attached hydrogen (secondary N) is 3. The summed E-state index contributed by atoms with van der Waals surface area (Å²) < 4.78 is 0. The number of piperidine rings is 1. The highest BCUT2D eigenvalue weighted by atomic mass is 35.5. The standard InChI is InChI=1S/C28H37ClN6O/c1-18-12-20(7-9-30-18)27-24-14-21-16-35(28(36)31-25(21)15-26(24)32-33-27)23-6-3-10-34(17-23)11-8-19-4-2-5-22(29)13-19/h2,4-5,7,9,12-13,21,23-27,32-33H,3,6,8,10-11,14-17H2,1H3,(H,31,36)/t21?,23-,24?,25?,26?,27?/m1/s1. The summed E-state index contributed by atoms with van der Waals surface area (Å²) in [6.45, 7) is 5.99. The number of rotatable bonds is 5. The van der Waals surface area contributed by atoms with Gasteiger partial charge >= 0.3 is 6.03 Å². The van der Waals surface area contributed by atoms with Crippen LogP contribution in [-0.2, 0) is 6.42 Å².